The Morgan fingerprint density at radius 3 is 2.55 bits per heavy atom. The van der Waals surface area contributed by atoms with Gasteiger partial charge in [0.15, 0.2) is 0 Å². The molecule has 0 spiro atoms. The van der Waals surface area contributed by atoms with Crippen molar-refractivity contribution in [3.63, 3.8) is 0 Å². The van der Waals surface area contributed by atoms with E-state index in [1.807, 2.05) is 18.2 Å². The van der Waals surface area contributed by atoms with Crippen LogP contribution in [0.4, 0.5) is 4.39 Å². The summed E-state index contributed by atoms with van der Waals surface area (Å²) in [5.41, 5.74) is 9.33. The molecule has 1 nitrogen and oxygen atoms in total. The Labute approximate surface area is 128 Å². The van der Waals surface area contributed by atoms with Gasteiger partial charge in [-0.2, -0.15) is 0 Å². The van der Waals surface area contributed by atoms with Crippen molar-refractivity contribution in [1.29, 1.82) is 0 Å². The lowest BCUT2D eigenvalue weighted by molar-refractivity contribution is 0.616. The smallest absolute Gasteiger partial charge is 0.137 e. The van der Waals surface area contributed by atoms with Crippen LogP contribution >= 0.6 is 15.9 Å². The van der Waals surface area contributed by atoms with Gasteiger partial charge in [0.05, 0.1) is 10.5 Å². The first kappa shape index (κ1) is 15.2. The van der Waals surface area contributed by atoms with Gasteiger partial charge in [0.25, 0.3) is 0 Å². The van der Waals surface area contributed by atoms with E-state index in [9.17, 15) is 4.39 Å². The molecule has 2 N–H and O–H groups in total. The van der Waals surface area contributed by atoms with Crippen LogP contribution in [-0.2, 0) is 6.42 Å². The number of hydrogen-bond acceptors (Lipinski definition) is 1. The van der Waals surface area contributed by atoms with E-state index in [1.165, 1.54) is 11.6 Å². The van der Waals surface area contributed by atoms with Crippen molar-refractivity contribution >= 4 is 15.9 Å². The maximum Gasteiger partial charge on any atom is 0.137 e. The molecule has 1 unspecified atom stereocenters. The summed E-state index contributed by atoms with van der Waals surface area (Å²) < 4.78 is 14.1. The second kappa shape index (κ2) is 6.51. The Hall–Kier alpha value is -1.19. The molecule has 3 heteroatoms. The van der Waals surface area contributed by atoms with E-state index in [0.29, 0.717) is 10.4 Å². The van der Waals surface area contributed by atoms with Crippen molar-refractivity contribution in [3.05, 3.63) is 69.4 Å². The third-order valence-corrected chi connectivity index (χ3v) is 4.11. The maximum absolute atomic E-state index is 13.6. The summed E-state index contributed by atoms with van der Waals surface area (Å²) in [7, 11) is 0. The van der Waals surface area contributed by atoms with Gasteiger partial charge < -0.3 is 5.73 Å². The van der Waals surface area contributed by atoms with Gasteiger partial charge in [-0.1, -0.05) is 50.2 Å². The van der Waals surface area contributed by atoms with Gasteiger partial charge in [0, 0.05) is 0 Å². The monoisotopic (exact) mass is 335 g/mol. The second-order valence-electron chi connectivity index (χ2n) is 5.46. The van der Waals surface area contributed by atoms with Crippen LogP contribution in [0, 0.1) is 11.7 Å². The number of benzene rings is 2. The number of hydrogen-bond donors (Lipinski definition) is 1. The fraction of sp³-hybridized carbons (Fsp3) is 0.294. The number of rotatable bonds is 4. The molecule has 0 bridgehead atoms. The third-order valence-electron chi connectivity index (χ3n) is 3.27. The van der Waals surface area contributed by atoms with E-state index in [2.05, 4.69) is 41.9 Å². The van der Waals surface area contributed by atoms with Gasteiger partial charge in [-0.15, -0.1) is 0 Å². The Morgan fingerprint density at radius 1 is 1.15 bits per heavy atom. The lowest BCUT2D eigenvalue weighted by Gasteiger charge is -2.16. The standard InChI is InChI=1S/C17H19BrFN/c1-11(2)9-12-5-3-6-13(10-12)17(20)14-7-4-8-15(19)16(14)18/h3-8,10-11,17H,9,20H2,1-2H3. The first-order valence-electron chi connectivity index (χ1n) is 6.77. The molecule has 2 rings (SSSR count). The minimum atomic E-state index is -0.327. The molecule has 2 aromatic rings. The summed E-state index contributed by atoms with van der Waals surface area (Å²) in [6.45, 7) is 4.38. The highest BCUT2D eigenvalue weighted by Crippen LogP contribution is 2.29. The van der Waals surface area contributed by atoms with E-state index in [1.54, 1.807) is 6.07 Å². The van der Waals surface area contributed by atoms with E-state index >= 15 is 0 Å². The molecule has 1 atom stereocenters. The Balaban J connectivity index is 2.33. The van der Waals surface area contributed by atoms with Crippen LogP contribution in [0.15, 0.2) is 46.9 Å². The Morgan fingerprint density at radius 2 is 1.85 bits per heavy atom. The first-order chi connectivity index (χ1) is 9.49. The van der Waals surface area contributed by atoms with E-state index in [0.717, 1.165) is 17.5 Å². The molecule has 0 aliphatic heterocycles. The topological polar surface area (TPSA) is 26.0 Å². The van der Waals surface area contributed by atoms with Gasteiger partial charge in [0.2, 0.25) is 0 Å². The van der Waals surface area contributed by atoms with E-state index in [4.69, 9.17) is 5.73 Å². The summed E-state index contributed by atoms with van der Waals surface area (Å²) >= 11 is 3.28. The zero-order valence-electron chi connectivity index (χ0n) is 11.7. The summed E-state index contributed by atoms with van der Waals surface area (Å²) in [6, 6.07) is 12.9. The Kier molecular flexibility index (Phi) is 4.95. The molecule has 20 heavy (non-hydrogen) atoms. The van der Waals surface area contributed by atoms with Crippen LogP contribution in [0.5, 0.6) is 0 Å². The first-order valence-corrected chi connectivity index (χ1v) is 7.56. The van der Waals surface area contributed by atoms with Gasteiger partial charge in [-0.05, 0) is 51.0 Å². The maximum atomic E-state index is 13.6. The molecular weight excluding hydrogens is 317 g/mol. The molecule has 0 heterocycles. The fourth-order valence-corrected chi connectivity index (χ4v) is 2.84. The zero-order chi connectivity index (χ0) is 14.7. The average Bonchev–Trinajstić information content (AvgIpc) is 2.41. The predicted molar refractivity (Wildman–Crippen MR) is 85.1 cm³/mol. The lowest BCUT2D eigenvalue weighted by Crippen LogP contribution is -2.13. The normalized spacial score (nSPS) is 12.7. The van der Waals surface area contributed by atoms with E-state index < -0.39 is 0 Å². The quantitative estimate of drug-likeness (QED) is 0.850. The van der Waals surface area contributed by atoms with Crippen molar-refractivity contribution < 1.29 is 4.39 Å². The molecule has 106 valence electrons. The van der Waals surface area contributed by atoms with Crippen molar-refractivity contribution in [1.82, 2.24) is 0 Å². The predicted octanol–water partition coefficient (Wildman–Crippen LogP) is 4.83. The molecule has 0 aliphatic rings. The van der Waals surface area contributed by atoms with E-state index in [-0.39, 0.29) is 11.9 Å². The minimum absolute atomic E-state index is 0.281. The van der Waals surface area contributed by atoms with Crippen LogP contribution in [0.3, 0.4) is 0 Å². The van der Waals surface area contributed by atoms with Crippen LogP contribution in [-0.4, -0.2) is 0 Å². The third kappa shape index (κ3) is 3.47. The molecule has 0 aromatic heterocycles. The molecule has 2 aromatic carbocycles. The minimum Gasteiger partial charge on any atom is -0.320 e. The molecule has 0 fully saturated rings. The van der Waals surface area contributed by atoms with Crippen LogP contribution in [0.1, 0.15) is 36.6 Å². The number of halogens is 2. The Bertz CT molecular complexity index is 595. The highest BCUT2D eigenvalue weighted by Gasteiger charge is 2.15. The highest BCUT2D eigenvalue weighted by atomic mass is 79.9. The molecular formula is C17H19BrFN. The molecule has 0 radical (unpaired) electrons. The van der Waals surface area contributed by atoms with Crippen LogP contribution in [0.2, 0.25) is 0 Å². The van der Waals surface area contributed by atoms with Crippen molar-refractivity contribution in [3.8, 4) is 0 Å². The molecule has 0 aliphatic carbocycles. The van der Waals surface area contributed by atoms with Crippen LogP contribution < -0.4 is 5.73 Å². The largest absolute Gasteiger partial charge is 0.320 e. The van der Waals surface area contributed by atoms with Crippen molar-refractivity contribution in [2.45, 2.75) is 26.3 Å². The van der Waals surface area contributed by atoms with Crippen molar-refractivity contribution in [2.24, 2.45) is 11.7 Å². The van der Waals surface area contributed by atoms with Gasteiger partial charge in [-0.3, -0.25) is 0 Å². The summed E-state index contributed by atoms with van der Waals surface area (Å²) in [6.07, 6.45) is 1.02. The van der Waals surface area contributed by atoms with Gasteiger partial charge in [-0.25, -0.2) is 4.39 Å². The fourth-order valence-electron chi connectivity index (χ4n) is 2.33. The van der Waals surface area contributed by atoms with Crippen molar-refractivity contribution in [2.75, 3.05) is 0 Å². The average molecular weight is 336 g/mol. The second-order valence-corrected chi connectivity index (χ2v) is 6.26. The summed E-state index contributed by atoms with van der Waals surface area (Å²) in [5.74, 6) is 0.318. The molecule has 0 saturated heterocycles. The SMILES string of the molecule is CC(C)Cc1cccc(C(N)c2cccc(F)c2Br)c1. The van der Waals surface area contributed by atoms with Crippen LogP contribution in [0.25, 0.3) is 0 Å². The lowest BCUT2D eigenvalue weighted by atomic mass is 9.95. The number of nitrogens with two attached hydrogens (primary N) is 1. The van der Waals surface area contributed by atoms with Gasteiger partial charge in [0.1, 0.15) is 5.82 Å². The molecule has 0 saturated carbocycles. The molecule has 0 amide bonds. The zero-order valence-corrected chi connectivity index (χ0v) is 13.3. The highest BCUT2D eigenvalue weighted by molar-refractivity contribution is 9.10. The van der Waals surface area contributed by atoms with Gasteiger partial charge >= 0.3 is 0 Å². The summed E-state index contributed by atoms with van der Waals surface area (Å²) in [4.78, 5) is 0. The summed E-state index contributed by atoms with van der Waals surface area (Å²) in [5, 5.41) is 0.